The Balaban J connectivity index is 1.85. The highest BCUT2D eigenvalue weighted by atomic mass is 19.4. The summed E-state index contributed by atoms with van der Waals surface area (Å²) in [6.07, 6.45) is 6.46. The summed E-state index contributed by atoms with van der Waals surface area (Å²) in [5, 5.41) is 0. The van der Waals surface area contributed by atoms with E-state index in [-0.39, 0.29) is 11.3 Å². The van der Waals surface area contributed by atoms with Crippen LogP contribution in [-0.2, 0) is 6.18 Å². The Bertz CT molecular complexity index is 985. The second-order valence-corrected chi connectivity index (χ2v) is 5.58. The molecule has 0 saturated heterocycles. The summed E-state index contributed by atoms with van der Waals surface area (Å²) in [5.41, 5.74) is 0.126. The summed E-state index contributed by atoms with van der Waals surface area (Å²) in [7, 11) is 0. The van der Waals surface area contributed by atoms with E-state index in [0.717, 1.165) is 6.07 Å². The number of rotatable bonds is 2. The molecule has 0 fully saturated rings. The van der Waals surface area contributed by atoms with E-state index in [4.69, 9.17) is 0 Å². The van der Waals surface area contributed by atoms with Gasteiger partial charge in [0.15, 0.2) is 11.5 Å². The summed E-state index contributed by atoms with van der Waals surface area (Å²) in [4.78, 5) is 10.7. The molecule has 0 amide bonds. The van der Waals surface area contributed by atoms with Crippen LogP contribution in [0.3, 0.4) is 0 Å². The van der Waals surface area contributed by atoms with Gasteiger partial charge in [0.05, 0.1) is 11.3 Å². The summed E-state index contributed by atoms with van der Waals surface area (Å²) in [5.74, 6) is 0.604. The van der Waals surface area contributed by atoms with Crippen LogP contribution in [-0.4, -0.2) is 20.9 Å². The largest absolute Gasteiger partial charge is 0.417 e. The van der Waals surface area contributed by atoms with Crippen LogP contribution in [0.25, 0.3) is 16.9 Å². The zero-order chi connectivity index (χ0) is 17.4. The van der Waals surface area contributed by atoms with Crippen molar-refractivity contribution < 1.29 is 13.2 Å². The summed E-state index contributed by atoms with van der Waals surface area (Å²) >= 11 is 0. The second kappa shape index (κ2) is 5.77. The molecule has 3 heterocycles. The van der Waals surface area contributed by atoms with Crippen molar-refractivity contribution in [3.05, 3.63) is 72.8 Å². The van der Waals surface area contributed by atoms with Crippen molar-refractivity contribution in [2.75, 3.05) is 11.4 Å². The maximum atomic E-state index is 13.3. The van der Waals surface area contributed by atoms with Crippen molar-refractivity contribution in [3.63, 3.8) is 0 Å². The highest BCUT2D eigenvalue weighted by Crippen LogP contribution is 2.36. The molecule has 2 aromatic heterocycles. The van der Waals surface area contributed by atoms with Crippen LogP contribution in [0.5, 0.6) is 0 Å². The minimum absolute atomic E-state index is 0.0544. The highest BCUT2D eigenvalue weighted by Gasteiger charge is 2.33. The van der Waals surface area contributed by atoms with Crippen molar-refractivity contribution in [1.29, 1.82) is 0 Å². The Kier molecular flexibility index (Phi) is 3.56. The highest BCUT2D eigenvalue weighted by molar-refractivity contribution is 5.72. The molecule has 0 bridgehead atoms. The van der Waals surface area contributed by atoms with Crippen molar-refractivity contribution in [3.8, 4) is 11.3 Å². The van der Waals surface area contributed by atoms with Crippen LogP contribution < -0.4 is 4.90 Å². The number of benzene rings is 1. The lowest BCUT2D eigenvalue weighted by Crippen LogP contribution is -2.18. The number of allylic oxidation sites excluding steroid dienone is 2. The van der Waals surface area contributed by atoms with Gasteiger partial charge in [-0.2, -0.15) is 13.2 Å². The Morgan fingerprint density at radius 2 is 1.88 bits per heavy atom. The fraction of sp³-hybridized carbons (Fsp3) is 0.111. The van der Waals surface area contributed by atoms with E-state index in [1.807, 2.05) is 29.3 Å². The zero-order valence-corrected chi connectivity index (χ0v) is 13.0. The van der Waals surface area contributed by atoms with Crippen molar-refractivity contribution in [2.45, 2.75) is 6.18 Å². The first-order valence-electron chi connectivity index (χ1n) is 7.64. The molecule has 1 aliphatic rings. The summed E-state index contributed by atoms with van der Waals surface area (Å²) in [6, 6.07) is 7.01. The Labute approximate surface area is 141 Å². The van der Waals surface area contributed by atoms with Crippen LogP contribution in [0, 0.1) is 0 Å². The van der Waals surface area contributed by atoms with Crippen LogP contribution in [0.1, 0.15) is 5.56 Å². The summed E-state index contributed by atoms with van der Waals surface area (Å²) in [6.45, 7) is 0.633. The van der Waals surface area contributed by atoms with Crippen LogP contribution >= 0.6 is 0 Å². The van der Waals surface area contributed by atoms with Crippen molar-refractivity contribution in [2.24, 2.45) is 0 Å². The fourth-order valence-electron chi connectivity index (χ4n) is 2.79. The first-order chi connectivity index (χ1) is 12.0. The number of hydrogen-bond acceptors (Lipinski definition) is 3. The number of aromatic nitrogens is 3. The van der Waals surface area contributed by atoms with E-state index in [1.165, 1.54) is 12.1 Å². The van der Waals surface area contributed by atoms with Crippen LogP contribution in [0.2, 0.25) is 0 Å². The molecule has 25 heavy (non-hydrogen) atoms. The average Bonchev–Trinajstić information content (AvgIpc) is 3.05. The standard InChI is InChI=1S/C18H13F3N4/c19-18(20,21)14-7-3-2-6-13(14)15-8-11-25-12-22-16(17(25)23-15)24-9-4-1-5-10-24/h1-9,11-12H,10H2. The molecule has 1 aromatic carbocycles. The Morgan fingerprint density at radius 3 is 2.64 bits per heavy atom. The monoisotopic (exact) mass is 342 g/mol. The maximum Gasteiger partial charge on any atom is 0.417 e. The molecule has 0 unspecified atom stereocenters. The molecule has 0 saturated carbocycles. The smallest absolute Gasteiger partial charge is 0.326 e. The van der Waals surface area contributed by atoms with E-state index in [9.17, 15) is 13.2 Å². The van der Waals surface area contributed by atoms with Gasteiger partial charge in [-0.3, -0.25) is 4.40 Å². The first-order valence-corrected chi connectivity index (χ1v) is 7.64. The van der Waals surface area contributed by atoms with Crippen molar-refractivity contribution in [1.82, 2.24) is 14.4 Å². The molecule has 4 nitrogen and oxygen atoms in total. The molecule has 0 radical (unpaired) electrons. The predicted octanol–water partition coefficient (Wildman–Crippen LogP) is 4.31. The van der Waals surface area contributed by atoms with Gasteiger partial charge < -0.3 is 4.90 Å². The number of hydrogen-bond donors (Lipinski definition) is 0. The fourth-order valence-corrected chi connectivity index (χ4v) is 2.79. The number of halogens is 3. The molecule has 3 aromatic rings. The minimum atomic E-state index is -4.44. The van der Waals surface area contributed by atoms with Gasteiger partial charge in [-0.1, -0.05) is 30.4 Å². The minimum Gasteiger partial charge on any atom is -0.326 e. The molecule has 0 aliphatic carbocycles. The van der Waals surface area contributed by atoms with E-state index in [1.54, 1.807) is 29.1 Å². The SMILES string of the molecule is FC(F)(F)c1ccccc1-c1ccn2cnc(N3C=CC=CC3)c2n1. The normalized spacial score (nSPS) is 14.4. The molecule has 7 heteroatoms. The van der Waals surface area contributed by atoms with Gasteiger partial charge >= 0.3 is 6.18 Å². The first kappa shape index (κ1) is 15.4. The molecule has 1 aliphatic heterocycles. The van der Waals surface area contributed by atoms with Crippen molar-refractivity contribution >= 4 is 11.5 Å². The second-order valence-electron chi connectivity index (χ2n) is 5.58. The predicted molar refractivity (Wildman–Crippen MR) is 89.1 cm³/mol. The van der Waals surface area contributed by atoms with Gasteiger partial charge in [0.1, 0.15) is 6.33 Å². The average molecular weight is 342 g/mol. The van der Waals surface area contributed by atoms with Gasteiger partial charge in [-0.25, -0.2) is 9.97 Å². The lowest BCUT2D eigenvalue weighted by atomic mass is 10.0. The van der Waals surface area contributed by atoms with Crippen LogP contribution in [0.4, 0.5) is 19.0 Å². The van der Waals surface area contributed by atoms with Gasteiger partial charge in [0.25, 0.3) is 0 Å². The number of alkyl halides is 3. The van der Waals surface area contributed by atoms with Gasteiger partial charge in [0.2, 0.25) is 0 Å². The van der Waals surface area contributed by atoms with E-state index in [0.29, 0.717) is 18.0 Å². The molecular weight excluding hydrogens is 329 g/mol. The lowest BCUT2D eigenvalue weighted by molar-refractivity contribution is -0.137. The quantitative estimate of drug-likeness (QED) is 0.696. The van der Waals surface area contributed by atoms with Gasteiger partial charge in [-0.15, -0.1) is 0 Å². The molecule has 4 rings (SSSR count). The van der Waals surface area contributed by atoms with Crippen LogP contribution in [0.15, 0.2) is 67.3 Å². The molecule has 0 spiro atoms. The van der Waals surface area contributed by atoms with E-state index < -0.39 is 11.7 Å². The number of anilines is 1. The Morgan fingerprint density at radius 1 is 1.04 bits per heavy atom. The zero-order valence-electron chi connectivity index (χ0n) is 13.0. The third-order valence-corrected chi connectivity index (χ3v) is 3.96. The third-order valence-electron chi connectivity index (χ3n) is 3.96. The number of nitrogens with zero attached hydrogens (tertiary/aromatic N) is 4. The third kappa shape index (κ3) is 2.77. The number of fused-ring (bicyclic) bond motifs is 1. The summed E-state index contributed by atoms with van der Waals surface area (Å²) < 4.78 is 41.6. The van der Waals surface area contributed by atoms with Gasteiger partial charge in [-0.05, 0) is 18.2 Å². The van der Waals surface area contributed by atoms with E-state index in [2.05, 4.69) is 9.97 Å². The molecule has 0 atom stereocenters. The Hall–Kier alpha value is -3.09. The lowest BCUT2D eigenvalue weighted by Gasteiger charge is -2.18. The molecular formula is C18H13F3N4. The number of imidazole rings is 1. The van der Waals surface area contributed by atoms with E-state index >= 15 is 0 Å². The maximum absolute atomic E-state index is 13.3. The molecule has 126 valence electrons. The molecule has 0 N–H and O–H groups in total. The topological polar surface area (TPSA) is 33.4 Å². The van der Waals surface area contributed by atoms with Gasteiger partial charge in [0, 0.05) is 24.5 Å².